The van der Waals surface area contributed by atoms with E-state index >= 15 is 0 Å². The highest BCUT2D eigenvalue weighted by atomic mass is 32.1. The maximum Gasteiger partial charge on any atom is 0.188 e. The van der Waals surface area contributed by atoms with Gasteiger partial charge in [-0.1, -0.05) is 18.6 Å². The highest BCUT2D eigenvalue weighted by Crippen LogP contribution is 2.27. The van der Waals surface area contributed by atoms with E-state index < -0.39 is 0 Å². The van der Waals surface area contributed by atoms with Crippen LogP contribution in [0.25, 0.3) is 11.0 Å². The summed E-state index contributed by atoms with van der Waals surface area (Å²) >= 11 is 1.71. The van der Waals surface area contributed by atoms with Gasteiger partial charge in [0, 0.05) is 23.7 Å². The van der Waals surface area contributed by atoms with E-state index in [0.29, 0.717) is 6.04 Å². The molecule has 1 N–H and O–H groups in total. The van der Waals surface area contributed by atoms with Crippen LogP contribution in [0.1, 0.15) is 36.8 Å². The van der Waals surface area contributed by atoms with Crippen LogP contribution in [0.4, 0.5) is 10.9 Å². The van der Waals surface area contributed by atoms with Crippen LogP contribution < -0.4 is 5.32 Å². The molecule has 1 saturated heterocycles. The summed E-state index contributed by atoms with van der Waals surface area (Å²) in [5, 5.41) is 4.23. The lowest BCUT2D eigenvalue weighted by Gasteiger charge is -2.32. The highest BCUT2D eigenvalue weighted by Gasteiger charge is 2.19. The minimum Gasteiger partial charge on any atom is -0.315 e. The molecule has 130 valence electrons. The third-order valence-corrected chi connectivity index (χ3v) is 5.72. The van der Waals surface area contributed by atoms with E-state index in [9.17, 15) is 0 Å². The second-order valence-corrected chi connectivity index (χ2v) is 7.83. The Kier molecular flexibility index (Phi) is 4.63. The van der Waals surface area contributed by atoms with Crippen LogP contribution >= 0.6 is 11.3 Å². The number of nitrogens with zero attached hydrogens (tertiary/aromatic N) is 4. The van der Waals surface area contributed by atoms with Crippen LogP contribution in [0.3, 0.4) is 0 Å². The van der Waals surface area contributed by atoms with Gasteiger partial charge in [-0.3, -0.25) is 4.90 Å². The van der Waals surface area contributed by atoms with E-state index in [2.05, 4.69) is 32.1 Å². The molecule has 0 spiro atoms. The van der Waals surface area contributed by atoms with Gasteiger partial charge in [-0.25, -0.2) is 15.0 Å². The summed E-state index contributed by atoms with van der Waals surface area (Å²) < 4.78 is 0. The summed E-state index contributed by atoms with van der Waals surface area (Å²) in [7, 11) is 0. The second kappa shape index (κ2) is 7.06. The molecule has 0 bridgehead atoms. The third kappa shape index (κ3) is 3.65. The highest BCUT2D eigenvalue weighted by molar-refractivity contribution is 7.15. The number of likely N-dealkylation sites (tertiary alicyclic amines) is 1. The molecule has 0 radical (unpaired) electrons. The van der Waals surface area contributed by atoms with Crippen molar-refractivity contribution < 1.29 is 0 Å². The number of aryl methyl sites for hydroxylation is 1. The van der Waals surface area contributed by atoms with Crippen molar-refractivity contribution in [1.82, 2.24) is 19.9 Å². The standard InChI is InChI=1S/C19H23N5S/c1-13-7-5-6-10-24(13)12-15-11-20-19(25-15)23-18-14(2)21-16-8-3-4-9-17(16)22-18/h3-4,8-9,11,13H,5-7,10,12H2,1-2H3,(H,20,22,23). The van der Waals surface area contributed by atoms with Gasteiger partial charge < -0.3 is 5.32 Å². The molecule has 1 atom stereocenters. The Hall–Kier alpha value is -2.05. The monoisotopic (exact) mass is 353 g/mol. The molecule has 1 aliphatic rings. The number of benzene rings is 1. The van der Waals surface area contributed by atoms with E-state index in [1.54, 1.807) is 11.3 Å². The number of hydrogen-bond donors (Lipinski definition) is 1. The van der Waals surface area contributed by atoms with Gasteiger partial charge >= 0.3 is 0 Å². The van der Waals surface area contributed by atoms with E-state index in [-0.39, 0.29) is 0 Å². The maximum atomic E-state index is 4.69. The van der Waals surface area contributed by atoms with Crippen molar-refractivity contribution in [3.8, 4) is 0 Å². The van der Waals surface area contributed by atoms with Gasteiger partial charge in [0.2, 0.25) is 0 Å². The second-order valence-electron chi connectivity index (χ2n) is 6.72. The van der Waals surface area contributed by atoms with Gasteiger partial charge in [-0.2, -0.15) is 0 Å². The van der Waals surface area contributed by atoms with Crippen molar-refractivity contribution in [1.29, 1.82) is 0 Å². The normalized spacial score (nSPS) is 18.6. The summed E-state index contributed by atoms with van der Waals surface area (Å²) in [5.74, 6) is 0.783. The smallest absolute Gasteiger partial charge is 0.188 e. The van der Waals surface area contributed by atoms with Gasteiger partial charge in [-0.15, -0.1) is 11.3 Å². The molecule has 3 aromatic rings. The number of anilines is 2. The predicted octanol–water partition coefficient (Wildman–Crippen LogP) is 4.51. The zero-order chi connectivity index (χ0) is 17.2. The Morgan fingerprint density at radius 1 is 1.20 bits per heavy atom. The lowest BCUT2D eigenvalue weighted by atomic mass is 10.0. The lowest BCUT2D eigenvalue weighted by molar-refractivity contribution is 0.154. The van der Waals surface area contributed by atoms with Crippen LogP contribution in [0, 0.1) is 6.92 Å². The van der Waals surface area contributed by atoms with Crippen molar-refractivity contribution in [2.24, 2.45) is 0 Å². The molecule has 1 unspecified atom stereocenters. The molecule has 25 heavy (non-hydrogen) atoms. The van der Waals surface area contributed by atoms with E-state index in [0.717, 1.165) is 34.2 Å². The van der Waals surface area contributed by atoms with Crippen molar-refractivity contribution >= 4 is 33.3 Å². The Bertz CT molecular complexity index is 875. The Morgan fingerprint density at radius 3 is 2.80 bits per heavy atom. The zero-order valence-electron chi connectivity index (χ0n) is 14.7. The van der Waals surface area contributed by atoms with Crippen molar-refractivity contribution in [3.63, 3.8) is 0 Å². The van der Waals surface area contributed by atoms with E-state index in [1.165, 1.54) is 30.7 Å². The van der Waals surface area contributed by atoms with Crippen molar-refractivity contribution in [2.75, 3.05) is 11.9 Å². The summed E-state index contributed by atoms with van der Waals surface area (Å²) in [6, 6.07) is 8.61. The summed E-state index contributed by atoms with van der Waals surface area (Å²) in [4.78, 5) is 17.7. The molecule has 0 saturated carbocycles. The molecule has 0 aliphatic carbocycles. The van der Waals surface area contributed by atoms with Crippen LogP contribution in [-0.2, 0) is 6.54 Å². The maximum absolute atomic E-state index is 4.69. The van der Waals surface area contributed by atoms with E-state index in [4.69, 9.17) is 0 Å². The number of piperidine rings is 1. The Labute approximate surface area is 152 Å². The number of thiazole rings is 1. The largest absolute Gasteiger partial charge is 0.315 e. The first-order valence-electron chi connectivity index (χ1n) is 8.88. The van der Waals surface area contributed by atoms with Gasteiger partial charge in [0.25, 0.3) is 0 Å². The molecular weight excluding hydrogens is 330 g/mol. The van der Waals surface area contributed by atoms with Gasteiger partial charge in [0.15, 0.2) is 10.9 Å². The molecule has 3 heterocycles. The van der Waals surface area contributed by atoms with Crippen LogP contribution in [0.2, 0.25) is 0 Å². The number of nitrogens with one attached hydrogen (secondary N) is 1. The average Bonchev–Trinajstić information content (AvgIpc) is 3.05. The first-order chi connectivity index (χ1) is 12.2. The number of hydrogen-bond acceptors (Lipinski definition) is 6. The molecule has 1 aliphatic heterocycles. The average molecular weight is 353 g/mol. The number of para-hydroxylation sites is 2. The molecular formula is C19H23N5S. The number of fused-ring (bicyclic) bond motifs is 1. The number of aromatic nitrogens is 3. The van der Waals surface area contributed by atoms with Crippen LogP contribution in [0.5, 0.6) is 0 Å². The third-order valence-electron chi connectivity index (χ3n) is 4.82. The van der Waals surface area contributed by atoms with Gasteiger partial charge in [0.1, 0.15) is 0 Å². The van der Waals surface area contributed by atoms with Crippen molar-refractivity contribution in [2.45, 2.75) is 45.7 Å². The summed E-state index contributed by atoms with van der Waals surface area (Å²) in [5.41, 5.74) is 2.71. The van der Waals surface area contributed by atoms with Crippen LogP contribution in [-0.4, -0.2) is 32.4 Å². The molecule has 6 heteroatoms. The lowest BCUT2D eigenvalue weighted by Crippen LogP contribution is -2.36. The van der Waals surface area contributed by atoms with E-state index in [1.807, 2.05) is 37.4 Å². The predicted molar refractivity (Wildman–Crippen MR) is 103 cm³/mol. The minimum absolute atomic E-state index is 0.667. The fraction of sp³-hybridized carbons (Fsp3) is 0.421. The molecule has 0 amide bonds. The fourth-order valence-electron chi connectivity index (χ4n) is 3.34. The zero-order valence-corrected chi connectivity index (χ0v) is 15.5. The summed E-state index contributed by atoms with van der Waals surface area (Å²) in [6.07, 6.45) is 5.95. The molecule has 5 nitrogen and oxygen atoms in total. The number of rotatable bonds is 4. The van der Waals surface area contributed by atoms with Gasteiger partial charge in [-0.05, 0) is 45.4 Å². The minimum atomic E-state index is 0.667. The first-order valence-corrected chi connectivity index (χ1v) is 9.70. The molecule has 1 fully saturated rings. The quantitative estimate of drug-likeness (QED) is 0.748. The first kappa shape index (κ1) is 16.4. The Morgan fingerprint density at radius 2 is 2.00 bits per heavy atom. The molecule has 2 aromatic heterocycles. The van der Waals surface area contributed by atoms with Crippen molar-refractivity contribution in [3.05, 3.63) is 41.0 Å². The van der Waals surface area contributed by atoms with Gasteiger partial charge in [0.05, 0.1) is 16.7 Å². The topological polar surface area (TPSA) is 53.9 Å². The summed E-state index contributed by atoms with van der Waals surface area (Å²) in [6.45, 7) is 6.49. The van der Waals surface area contributed by atoms with Crippen LogP contribution in [0.15, 0.2) is 30.5 Å². The SMILES string of the molecule is Cc1nc2ccccc2nc1Nc1ncc(CN2CCCCC2C)s1. The molecule has 4 rings (SSSR count). The fourth-order valence-corrected chi connectivity index (χ4v) is 4.18. The molecule has 1 aromatic carbocycles. The Balaban J connectivity index is 1.50.